The molecule has 0 aliphatic rings. The fourth-order valence-electron chi connectivity index (χ4n) is 1.29. The summed E-state index contributed by atoms with van der Waals surface area (Å²) in [5.74, 6) is -0.974. The number of rotatable bonds is 3. The number of nitrogens with zero attached hydrogens (tertiary/aromatic N) is 1. The molecule has 0 saturated heterocycles. The molecule has 0 radical (unpaired) electrons. The van der Waals surface area contributed by atoms with Crippen LogP contribution < -0.4 is 5.32 Å². The molecule has 2 aromatic rings. The highest BCUT2D eigenvalue weighted by atomic mass is 35.5. The molecule has 0 atom stereocenters. The number of anilines is 2. The molecule has 4 nitrogen and oxygen atoms in total. The second kappa shape index (κ2) is 4.73. The molecule has 6 heteroatoms. The van der Waals surface area contributed by atoms with E-state index in [9.17, 15) is 4.79 Å². The number of benzene rings is 1. The van der Waals surface area contributed by atoms with Crippen molar-refractivity contribution in [2.75, 3.05) is 5.32 Å². The van der Waals surface area contributed by atoms with Crippen LogP contribution in [0.3, 0.4) is 0 Å². The Balaban J connectivity index is 2.25. The maximum atomic E-state index is 10.7. The summed E-state index contributed by atoms with van der Waals surface area (Å²) < 4.78 is 0. The number of nitrogens with one attached hydrogen (secondary N) is 1. The number of carboxylic acid groups (broad SMARTS) is 1. The molecule has 17 heavy (non-hydrogen) atoms. The quantitative estimate of drug-likeness (QED) is 0.894. The van der Waals surface area contributed by atoms with Crippen LogP contribution in [0.4, 0.5) is 10.8 Å². The van der Waals surface area contributed by atoms with Crippen molar-refractivity contribution in [3.63, 3.8) is 0 Å². The van der Waals surface area contributed by atoms with Crippen LogP contribution in [0.5, 0.6) is 0 Å². The minimum Gasteiger partial charge on any atom is -0.477 e. The van der Waals surface area contributed by atoms with Crippen LogP contribution in [-0.4, -0.2) is 16.1 Å². The van der Waals surface area contributed by atoms with Crippen LogP contribution in [0.15, 0.2) is 24.4 Å². The zero-order chi connectivity index (χ0) is 12.4. The average Bonchev–Trinajstić information content (AvgIpc) is 2.73. The summed E-state index contributed by atoms with van der Waals surface area (Å²) in [6.07, 6.45) is 1.33. The lowest BCUT2D eigenvalue weighted by atomic mass is 10.2. The van der Waals surface area contributed by atoms with Crippen LogP contribution in [0.2, 0.25) is 5.02 Å². The Hall–Kier alpha value is -1.59. The van der Waals surface area contributed by atoms with Gasteiger partial charge in [-0.05, 0) is 24.6 Å². The van der Waals surface area contributed by atoms with E-state index in [1.165, 1.54) is 6.20 Å². The highest BCUT2D eigenvalue weighted by Gasteiger charge is 2.09. The van der Waals surface area contributed by atoms with Crippen LogP contribution in [0, 0.1) is 6.92 Å². The summed E-state index contributed by atoms with van der Waals surface area (Å²) in [7, 11) is 0. The monoisotopic (exact) mass is 268 g/mol. The summed E-state index contributed by atoms with van der Waals surface area (Å²) in [6, 6.07) is 5.49. The molecule has 1 aromatic carbocycles. The van der Waals surface area contributed by atoms with E-state index < -0.39 is 5.97 Å². The van der Waals surface area contributed by atoms with Gasteiger partial charge >= 0.3 is 5.97 Å². The van der Waals surface area contributed by atoms with E-state index in [1.807, 2.05) is 19.1 Å². The van der Waals surface area contributed by atoms with E-state index in [-0.39, 0.29) is 4.88 Å². The molecule has 0 spiro atoms. The Bertz CT molecular complexity index is 568. The summed E-state index contributed by atoms with van der Waals surface area (Å²) in [5, 5.41) is 13.0. The van der Waals surface area contributed by atoms with Gasteiger partial charge in [-0.15, -0.1) is 0 Å². The summed E-state index contributed by atoms with van der Waals surface area (Å²) in [5.41, 5.74) is 1.73. The first-order valence-corrected chi connectivity index (χ1v) is 5.98. The average molecular weight is 269 g/mol. The van der Waals surface area contributed by atoms with Gasteiger partial charge < -0.3 is 10.4 Å². The molecule has 2 N–H and O–H groups in total. The highest BCUT2D eigenvalue weighted by Crippen LogP contribution is 2.28. The van der Waals surface area contributed by atoms with Gasteiger partial charge in [-0.1, -0.05) is 29.0 Å². The van der Waals surface area contributed by atoms with Crippen molar-refractivity contribution in [2.24, 2.45) is 0 Å². The van der Waals surface area contributed by atoms with E-state index in [1.54, 1.807) is 6.07 Å². The van der Waals surface area contributed by atoms with Crippen molar-refractivity contribution in [2.45, 2.75) is 6.92 Å². The number of thiazole rings is 1. The van der Waals surface area contributed by atoms with Crippen LogP contribution >= 0.6 is 22.9 Å². The van der Waals surface area contributed by atoms with Gasteiger partial charge in [0, 0.05) is 10.7 Å². The van der Waals surface area contributed by atoms with Gasteiger partial charge in [0.2, 0.25) is 0 Å². The molecule has 0 aliphatic carbocycles. The third-order valence-electron chi connectivity index (χ3n) is 2.23. The molecule has 1 aromatic heterocycles. The van der Waals surface area contributed by atoms with E-state index in [4.69, 9.17) is 16.7 Å². The van der Waals surface area contributed by atoms with Crippen LogP contribution in [0.1, 0.15) is 15.2 Å². The van der Waals surface area contributed by atoms with Gasteiger partial charge in [-0.2, -0.15) is 0 Å². The standard InChI is InChI=1S/C11H9ClN2O2S/c1-6-7(12)3-2-4-8(6)14-11-13-5-9(17-11)10(15)16/h2-5H,1H3,(H,13,14)(H,15,16). The maximum Gasteiger partial charge on any atom is 0.347 e. The summed E-state index contributed by atoms with van der Waals surface area (Å²) >= 11 is 7.07. The largest absolute Gasteiger partial charge is 0.477 e. The van der Waals surface area contributed by atoms with Crippen molar-refractivity contribution >= 4 is 39.7 Å². The zero-order valence-corrected chi connectivity index (χ0v) is 10.5. The zero-order valence-electron chi connectivity index (χ0n) is 8.90. The molecule has 0 amide bonds. The van der Waals surface area contributed by atoms with Crippen LogP contribution in [-0.2, 0) is 0 Å². The second-order valence-electron chi connectivity index (χ2n) is 3.37. The Kier molecular flexibility index (Phi) is 3.31. The van der Waals surface area contributed by atoms with Crippen LogP contribution in [0.25, 0.3) is 0 Å². The first-order chi connectivity index (χ1) is 8.08. The molecule has 1 heterocycles. The molecule has 0 aliphatic heterocycles. The fourth-order valence-corrected chi connectivity index (χ4v) is 2.13. The Labute approximate surface area is 107 Å². The first kappa shape index (κ1) is 11.9. The van der Waals surface area contributed by atoms with Crippen molar-refractivity contribution in [1.82, 2.24) is 4.98 Å². The SMILES string of the molecule is Cc1c(Cl)cccc1Nc1ncc(C(=O)O)s1. The second-order valence-corrected chi connectivity index (χ2v) is 4.81. The van der Waals surface area contributed by atoms with Gasteiger partial charge in [0.25, 0.3) is 0 Å². The van der Waals surface area contributed by atoms with Gasteiger partial charge in [0.1, 0.15) is 4.88 Å². The Morgan fingerprint density at radius 3 is 2.94 bits per heavy atom. The summed E-state index contributed by atoms with van der Waals surface area (Å²) in [4.78, 5) is 14.9. The van der Waals surface area contributed by atoms with E-state index >= 15 is 0 Å². The van der Waals surface area contributed by atoms with Crippen molar-refractivity contribution in [1.29, 1.82) is 0 Å². The topological polar surface area (TPSA) is 62.2 Å². The molecular weight excluding hydrogens is 260 g/mol. The molecular formula is C11H9ClN2O2S. The van der Waals surface area contributed by atoms with Crippen molar-refractivity contribution in [3.8, 4) is 0 Å². The normalized spacial score (nSPS) is 10.2. The lowest BCUT2D eigenvalue weighted by Gasteiger charge is -2.07. The first-order valence-electron chi connectivity index (χ1n) is 4.79. The molecule has 2 rings (SSSR count). The van der Waals surface area contributed by atoms with Crippen molar-refractivity contribution in [3.05, 3.63) is 39.9 Å². The predicted octanol–water partition coefficient (Wildman–Crippen LogP) is 3.55. The smallest absolute Gasteiger partial charge is 0.347 e. The molecule has 88 valence electrons. The fraction of sp³-hybridized carbons (Fsp3) is 0.0909. The number of aromatic carboxylic acids is 1. The van der Waals surface area contributed by atoms with E-state index in [0.717, 1.165) is 22.6 Å². The van der Waals surface area contributed by atoms with Gasteiger partial charge in [0.05, 0.1) is 6.20 Å². The number of carboxylic acids is 1. The van der Waals surface area contributed by atoms with Gasteiger partial charge in [-0.3, -0.25) is 0 Å². The maximum absolute atomic E-state index is 10.7. The Morgan fingerprint density at radius 1 is 1.53 bits per heavy atom. The number of hydrogen-bond acceptors (Lipinski definition) is 4. The minimum atomic E-state index is -0.974. The van der Waals surface area contributed by atoms with E-state index in [2.05, 4.69) is 10.3 Å². The van der Waals surface area contributed by atoms with Gasteiger partial charge in [-0.25, -0.2) is 9.78 Å². The number of aromatic nitrogens is 1. The molecule has 0 bridgehead atoms. The lowest BCUT2D eigenvalue weighted by molar-refractivity contribution is 0.0702. The third kappa shape index (κ3) is 2.57. The van der Waals surface area contributed by atoms with Gasteiger partial charge in [0.15, 0.2) is 5.13 Å². The predicted molar refractivity (Wildman–Crippen MR) is 68.5 cm³/mol. The number of halogens is 1. The Morgan fingerprint density at radius 2 is 2.29 bits per heavy atom. The minimum absolute atomic E-state index is 0.201. The van der Waals surface area contributed by atoms with E-state index in [0.29, 0.717) is 10.2 Å². The number of hydrogen-bond donors (Lipinski definition) is 2. The molecule has 0 unspecified atom stereocenters. The van der Waals surface area contributed by atoms with Crippen molar-refractivity contribution < 1.29 is 9.90 Å². The molecule has 0 fully saturated rings. The number of carbonyl (C=O) groups is 1. The highest BCUT2D eigenvalue weighted by molar-refractivity contribution is 7.17. The third-order valence-corrected chi connectivity index (χ3v) is 3.54. The molecule has 0 saturated carbocycles. The summed E-state index contributed by atoms with van der Waals surface area (Å²) in [6.45, 7) is 1.89. The lowest BCUT2D eigenvalue weighted by Crippen LogP contribution is -1.92.